The van der Waals surface area contributed by atoms with Crippen molar-refractivity contribution in [3.8, 4) is 10.6 Å². The molecule has 0 fully saturated rings. The lowest BCUT2D eigenvalue weighted by Crippen LogP contribution is -2.18. The van der Waals surface area contributed by atoms with Gasteiger partial charge in [-0.15, -0.1) is 11.3 Å². The van der Waals surface area contributed by atoms with Gasteiger partial charge in [-0.05, 0) is 37.2 Å². The molecule has 0 unspecified atom stereocenters. The molecule has 0 aliphatic rings. The van der Waals surface area contributed by atoms with Crippen LogP contribution in [0.5, 0.6) is 0 Å². The van der Waals surface area contributed by atoms with E-state index in [4.69, 9.17) is 4.98 Å². The molecular formula is C17H23FN2S. The molecule has 0 atom stereocenters. The van der Waals surface area contributed by atoms with Gasteiger partial charge in [-0.3, -0.25) is 0 Å². The first-order valence-corrected chi connectivity index (χ1v) is 8.12. The normalized spacial score (nSPS) is 11.9. The van der Waals surface area contributed by atoms with Gasteiger partial charge in [-0.2, -0.15) is 0 Å². The summed E-state index contributed by atoms with van der Waals surface area (Å²) < 4.78 is 13.3. The summed E-state index contributed by atoms with van der Waals surface area (Å²) in [6.07, 6.45) is 0. The molecule has 1 aromatic heterocycles. The maximum atomic E-state index is 13.3. The molecule has 0 saturated carbocycles. The van der Waals surface area contributed by atoms with E-state index in [1.165, 1.54) is 10.9 Å². The lowest BCUT2D eigenvalue weighted by Gasteiger charge is -2.17. The smallest absolute Gasteiger partial charge is 0.124 e. The van der Waals surface area contributed by atoms with Crippen molar-refractivity contribution in [2.75, 3.05) is 6.54 Å². The summed E-state index contributed by atoms with van der Waals surface area (Å²) >= 11 is 1.70. The first-order chi connectivity index (χ1) is 9.82. The fraction of sp³-hybridized carbons (Fsp3) is 0.471. The topological polar surface area (TPSA) is 24.9 Å². The molecule has 0 saturated heterocycles. The quantitative estimate of drug-likeness (QED) is 0.888. The number of aromatic nitrogens is 1. The Balaban J connectivity index is 2.47. The Hall–Kier alpha value is -1.26. The van der Waals surface area contributed by atoms with Crippen LogP contribution in [0, 0.1) is 12.7 Å². The summed E-state index contributed by atoms with van der Waals surface area (Å²) in [5, 5.41) is 4.35. The Labute approximate surface area is 130 Å². The molecule has 1 heterocycles. The molecule has 21 heavy (non-hydrogen) atoms. The maximum absolute atomic E-state index is 13.3. The first-order valence-electron chi connectivity index (χ1n) is 7.30. The van der Waals surface area contributed by atoms with Gasteiger partial charge in [0, 0.05) is 22.4 Å². The fourth-order valence-corrected chi connectivity index (χ4v) is 3.61. The van der Waals surface area contributed by atoms with Gasteiger partial charge in [-0.25, -0.2) is 9.37 Å². The van der Waals surface area contributed by atoms with Gasteiger partial charge in [0.05, 0.1) is 5.69 Å². The van der Waals surface area contributed by atoms with Crippen LogP contribution in [0.1, 0.15) is 43.8 Å². The standard InChI is InChI=1S/C17H23FN2S/c1-6-19-10-14-15(17(3,4)5)20-16(21-14)13-8-7-12(18)9-11(13)2/h7-9,19H,6,10H2,1-5H3. The van der Waals surface area contributed by atoms with E-state index in [9.17, 15) is 4.39 Å². The van der Waals surface area contributed by atoms with E-state index in [1.807, 2.05) is 13.0 Å². The summed E-state index contributed by atoms with van der Waals surface area (Å²) in [7, 11) is 0. The Bertz CT molecular complexity index is 626. The van der Waals surface area contributed by atoms with Crippen molar-refractivity contribution in [2.45, 2.75) is 46.6 Å². The minimum atomic E-state index is -0.197. The summed E-state index contributed by atoms with van der Waals surface area (Å²) in [6, 6.07) is 4.90. The van der Waals surface area contributed by atoms with Crippen LogP contribution in [0.2, 0.25) is 0 Å². The molecule has 0 aliphatic carbocycles. The van der Waals surface area contributed by atoms with Gasteiger partial charge in [0.25, 0.3) is 0 Å². The van der Waals surface area contributed by atoms with Crippen molar-refractivity contribution in [1.82, 2.24) is 10.3 Å². The summed E-state index contributed by atoms with van der Waals surface area (Å²) in [4.78, 5) is 6.12. The number of nitrogens with zero attached hydrogens (tertiary/aromatic N) is 1. The number of thiazole rings is 1. The molecule has 114 valence electrons. The second-order valence-corrected chi connectivity index (χ2v) is 7.36. The zero-order valence-electron chi connectivity index (χ0n) is 13.4. The third-order valence-electron chi connectivity index (χ3n) is 3.36. The monoisotopic (exact) mass is 306 g/mol. The highest BCUT2D eigenvalue weighted by atomic mass is 32.1. The SMILES string of the molecule is CCNCc1sc(-c2ccc(F)cc2C)nc1C(C)(C)C. The molecule has 2 nitrogen and oxygen atoms in total. The average Bonchev–Trinajstić information content (AvgIpc) is 2.80. The van der Waals surface area contributed by atoms with Gasteiger partial charge in [0.1, 0.15) is 10.8 Å². The molecule has 0 aliphatic heterocycles. The lowest BCUT2D eigenvalue weighted by molar-refractivity contribution is 0.561. The van der Waals surface area contributed by atoms with Gasteiger partial charge >= 0.3 is 0 Å². The Kier molecular flexibility index (Phi) is 4.79. The predicted octanol–water partition coefficient (Wildman–Crippen LogP) is 4.66. The minimum absolute atomic E-state index is 0.00738. The van der Waals surface area contributed by atoms with Crippen LogP contribution in [0.25, 0.3) is 10.6 Å². The Morgan fingerprint density at radius 3 is 2.57 bits per heavy atom. The first kappa shape index (κ1) is 16.1. The van der Waals surface area contributed by atoms with E-state index in [1.54, 1.807) is 17.4 Å². The molecule has 4 heteroatoms. The number of aryl methyl sites for hydroxylation is 1. The number of hydrogen-bond acceptors (Lipinski definition) is 3. The van der Waals surface area contributed by atoms with E-state index in [0.717, 1.165) is 34.9 Å². The second-order valence-electron chi connectivity index (χ2n) is 6.28. The molecule has 1 aromatic carbocycles. The Morgan fingerprint density at radius 1 is 1.29 bits per heavy atom. The highest BCUT2D eigenvalue weighted by Crippen LogP contribution is 2.35. The number of benzene rings is 1. The molecule has 0 amide bonds. The van der Waals surface area contributed by atoms with Crippen LogP contribution < -0.4 is 5.32 Å². The minimum Gasteiger partial charge on any atom is -0.312 e. The third-order valence-corrected chi connectivity index (χ3v) is 4.45. The summed E-state index contributed by atoms with van der Waals surface area (Å²) in [5.74, 6) is -0.197. The molecule has 0 bridgehead atoms. The van der Waals surface area contributed by atoms with Gasteiger partial charge in [0.15, 0.2) is 0 Å². The largest absolute Gasteiger partial charge is 0.312 e. The molecule has 0 radical (unpaired) electrons. The molecule has 0 spiro atoms. The van der Waals surface area contributed by atoms with Crippen molar-refractivity contribution in [1.29, 1.82) is 0 Å². The van der Waals surface area contributed by atoms with E-state index < -0.39 is 0 Å². The van der Waals surface area contributed by atoms with Crippen LogP contribution >= 0.6 is 11.3 Å². The zero-order chi connectivity index (χ0) is 15.6. The van der Waals surface area contributed by atoms with Crippen LogP contribution in [0.3, 0.4) is 0 Å². The van der Waals surface area contributed by atoms with E-state index in [-0.39, 0.29) is 11.2 Å². The molecule has 1 N–H and O–H groups in total. The van der Waals surface area contributed by atoms with Crippen molar-refractivity contribution < 1.29 is 4.39 Å². The number of hydrogen-bond donors (Lipinski definition) is 1. The van der Waals surface area contributed by atoms with Crippen molar-refractivity contribution >= 4 is 11.3 Å². The highest BCUT2D eigenvalue weighted by molar-refractivity contribution is 7.15. The van der Waals surface area contributed by atoms with Crippen molar-refractivity contribution in [2.24, 2.45) is 0 Å². The maximum Gasteiger partial charge on any atom is 0.124 e. The summed E-state index contributed by atoms with van der Waals surface area (Å²) in [6.45, 7) is 12.3. The van der Waals surface area contributed by atoms with Crippen LogP contribution in [-0.4, -0.2) is 11.5 Å². The van der Waals surface area contributed by atoms with Gasteiger partial charge in [-0.1, -0.05) is 27.7 Å². The van der Waals surface area contributed by atoms with Gasteiger partial charge < -0.3 is 5.32 Å². The fourth-order valence-electron chi connectivity index (χ4n) is 2.28. The van der Waals surface area contributed by atoms with Gasteiger partial charge in [0.2, 0.25) is 0 Å². The number of rotatable bonds is 4. The number of nitrogens with one attached hydrogen (secondary N) is 1. The van der Waals surface area contributed by atoms with Crippen molar-refractivity contribution in [3.63, 3.8) is 0 Å². The van der Waals surface area contributed by atoms with E-state index >= 15 is 0 Å². The third kappa shape index (κ3) is 3.69. The Morgan fingerprint density at radius 2 is 2.00 bits per heavy atom. The highest BCUT2D eigenvalue weighted by Gasteiger charge is 2.23. The summed E-state index contributed by atoms with van der Waals surface area (Å²) in [5.41, 5.74) is 3.09. The van der Waals surface area contributed by atoms with Crippen molar-refractivity contribution in [3.05, 3.63) is 40.2 Å². The lowest BCUT2D eigenvalue weighted by atomic mass is 9.91. The second kappa shape index (κ2) is 6.24. The van der Waals surface area contributed by atoms with E-state index in [0.29, 0.717) is 0 Å². The number of halogens is 1. The van der Waals surface area contributed by atoms with E-state index in [2.05, 4.69) is 33.0 Å². The molecule has 2 rings (SSSR count). The van der Waals surface area contributed by atoms with Crippen LogP contribution in [-0.2, 0) is 12.0 Å². The zero-order valence-corrected chi connectivity index (χ0v) is 14.2. The molecular weight excluding hydrogens is 283 g/mol. The van der Waals surface area contributed by atoms with Crippen LogP contribution in [0.4, 0.5) is 4.39 Å². The molecule has 2 aromatic rings. The average molecular weight is 306 g/mol. The predicted molar refractivity (Wildman–Crippen MR) is 88.3 cm³/mol. The van der Waals surface area contributed by atoms with Crippen LogP contribution in [0.15, 0.2) is 18.2 Å².